The van der Waals surface area contributed by atoms with Crippen LogP contribution in [0.25, 0.3) is 0 Å². The summed E-state index contributed by atoms with van der Waals surface area (Å²) < 4.78 is 6.12. The number of ether oxygens (including phenoxy) is 1. The quantitative estimate of drug-likeness (QED) is 0.175. The molecule has 34 heavy (non-hydrogen) atoms. The molecule has 2 aliphatic carbocycles. The second-order valence-electron chi connectivity index (χ2n) is 9.14. The van der Waals surface area contributed by atoms with Gasteiger partial charge in [-0.3, -0.25) is 0 Å². The summed E-state index contributed by atoms with van der Waals surface area (Å²) in [6, 6.07) is 22.5. The van der Waals surface area contributed by atoms with Crippen molar-refractivity contribution in [3.63, 3.8) is 0 Å². The van der Waals surface area contributed by atoms with Gasteiger partial charge in [0.25, 0.3) is 0 Å². The Morgan fingerprint density at radius 1 is 0.824 bits per heavy atom. The Morgan fingerprint density at radius 3 is 1.82 bits per heavy atom. The van der Waals surface area contributed by atoms with Crippen molar-refractivity contribution in [2.45, 2.75) is 64.1 Å². The van der Waals surface area contributed by atoms with Crippen LogP contribution in [0.4, 0.5) is 0 Å². The molecule has 0 aromatic heterocycles. The molecule has 2 nitrogen and oxygen atoms in total. The number of benzene rings is 2. The van der Waals surface area contributed by atoms with Crippen molar-refractivity contribution in [3.8, 4) is 0 Å². The van der Waals surface area contributed by atoms with E-state index in [-0.39, 0.29) is 31.9 Å². The van der Waals surface area contributed by atoms with Gasteiger partial charge in [-0.25, -0.2) is 4.99 Å². The van der Waals surface area contributed by atoms with Gasteiger partial charge in [-0.2, -0.15) is 0 Å². The van der Waals surface area contributed by atoms with Crippen LogP contribution in [0.1, 0.15) is 52.4 Å². The Balaban J connectivity index is 0.000000646. The zero-order chi connectivity index (χ0) is 21.5. The molecule has 2 aromatic rings. The van der Waals surface area contributed by atoms with Gasteiger partial charge in [0.15, 0.2) is 5.90 Å². The van der Waals surface area contributed by atoms with E-state index in [1.54, 1.807) is 0 Å². The average molecular weight is 519 g/mol. The van der Waals surface area contributed by atoms with E-state index in [4.69, 9.17) is 9.73 Å². The van der Waals surface area contributed by atoms with E-state index in [9.17, 15) is 0 Å². The van der Waals surface area contributed by atoms with Gasteiger partial charge in [0.2, 0.25) is 0 Å². The first-order valence-electron chi connectivity index (χ1n) is 12.0. The molecular formula is C30H42FeNOP. The molecule has 1 fully saturated rings. The maximum absolute atomic E-state index is 6.12. The fourth-order valence-electron chi connectivity index (χ4n) is 4.79. The standard InChI is InChI=1S/C23H28NOP.C5H8.2CH3.Fe/c1-17(2)21-16-25-23(24-21)20-14-9-15-22(20)26(18-10-5-3-6-11-18)19-12-7-4-8-13-19;1-2-4-5-3-1;;;/h3-8,10-13,17,20-22H,9,14-16H2,1-2H3;1-2H,3-5H2;2*1H3;/q;;2*-1;+2/t20?,21-,22?;;;;/m1..../s1. The van der Waals surface area contributed by atoms with Crippen molar-refractivity contribution in [1.29, 1.82) is 0 Å². The fourth-order valence-corrected chi connectivity index (χ4v) is 7.92. The van der Waals surface area contributed by atoms with Gasteiger partial charge in [-0.05, 0) is 62.2 Å². The molecule has 2 aromatic carbocycles. The van der Waals surface area contributed by atoms with Gasteiger partial charge in [-0.1, -0.05) is 93.1 Å². The number of hydrogen-bond donors (Lipinski definition) is 0. The third-order valence-corrected chi connectivity index (χ3v) is 9.56. The van der Waals surface area contributed by atoms with Crippen molar-refractivity contribution >= 4 is 24.4 Å². The minimum absolute atomic E-state index is 0. The van der Waals surface area contributed by atoms with E-state index in [0.717, 1.165) is 12.5 Å². The number of nitrogens with zero attached hydrogens (tertiary/aromatic N) is 1. The van der Waals surface area contributed by atoms with Crippen molar-refractivity contribution in [3.05, 3.63) is 87.7 Å². The zero-order valence-corrected chi connectivity index (χ0v) is 23.3. The summed E-state index contributed by atoms with van der Waals surface area (Å²) in [7, 11) is -0.398. The molecule has 0 radical (unpaired) electrons. The van der Waals surface area contributed by atoms with Crippen LogP contribution in [-0.4, -0.2) is 24.2 Å². The molecule has 186 valence electrons. The molecule has 0 spiro atoms. The van der Waals surface area contributed by atoms with Crippen LogP contribution in [0, 0.1) is 26.7 Å². The normalized spacial score (nSPS) is 22.6. The van der Waals surface area contributed by atoms with Gasteiger partial charge in [0, 0.05) is 5.92 Å². The first-order valence-corrected chi connectivity index (χ1v) is 13.4. The molecule has 0 saturated heterocycles. The summed E-state index contributed by atoms with van der Waals surface area (Å²) in [5.74, 6) is 2.08. The number of hydrogen-bond acceptors (Lipinski definition) is 2. The Morgan fingerprint density at radius 2 is 1.38 bits per heavy atom. The van der Waals surface area contributed by atoms with Crippen molar-refractivity contribution in [2.24, 2.45) is 16.8 Å². The van der Waals surface area contributed by atoms with E-state index in [0.29, 0.717) is 23.5 Å². The van der Waals surface area contributed by atoms with Crippen molar-refractivity contribution in [2.75, 3.05) is 6.61 Å². The van der Waals surface area contributed by atoms with E-state index in [1.165, 1.54) is 49.1 Å². The first-order chi connectivity index (χ1) is 15.2. The monoisotopic (exact) mass is 519 g/mol. The predicted molar refractivity (Wildman–Crippen MR) is 148 cm³/mol. The summed E-state index contributed by atoms with van der Waals surface area (Å²) in [5.41, 5.74) is 0.625. The molecule has 1 saturated carbocycles. The second-order valence-corrected chi connectivity index (χ2v) is 11.6. The Bertz CT molecular complexity index is 822. The fraction of sp³-hybridized carbons (Fsp3) is 0.433. The maximum atomic E-state index is 6.12. The SMILES string of the molecule is C1=CCCC1.CC(C)[C@H]1COC(C2CCCC2P(c2ccccc2)c2ccccc2)=N1.[CH3-].[CH3-].[Fe+2]. The van der Waals surface area contributed by atoms with Gasteiger partial charge in [0.1, 0.15) is 6.61 Å². The predicted octanol–water partition coefficient (Wildman–Crippen LogP) is 7.37. The van der Waals surface area contributed by atoms with Gasteiger partial charge >= 0.3 is 17.1 Å². The third kappa shape index (κ3) is 7.81. The van der Waals surface area contributed by atoms with Gasteiger partial charge in [0.05, 0.1) is 6.04 Å². The Kier molecular flexibility index (Phi) is 14.0. The van der Waals surface area contributed by atoms with Crippen LogP contribution in [-0.2, 0) is 21.8 Å². The van der Waals surface area contributed by atoms with Crippen LogP contribution < -0.4 is 10.6 Å². The summed E-state index contributed by atoms with van der Waals surface area (Å²) in [6.07, 6.45) is 12.3. The van der Waals surface area contributed by atoms with Crippen LogP contribution in [0.15, 0.2) is 77.8 Å². The van der Waals surface area contributed by atoms with E-state index in [1.807, 2.05) is 0 Å². The van der Waals surface area contributed by atoms with E-state index in [2.05, 4.69) is 86.7 Å². The molecular weight excluding hydrogens is 477 g/mol. The molecule has 3 atom stereocenters. The van der Waals surface area contributed by atoms with Gasteiger partial charge in [-0.15, -0.1) is 0 Å². The van der Waals surface area contributed by atoms with Crippen molar-refractivity contribution in [1.82, 2.24) is 0 Å². The number of rotatable bonds is 5. The smallest absolute Gasteiger partial charge is 0.478 e. The summed E-state index contributed by atoms with van der Waals surface area (Å²) >= 11 is 0. The molecule has 0 bridgehead atoms. The van der Waals surface area contributed by atoms with Crippen LogP contribution in [0.2, 0.25) is 0 Å². The number of allylic oxidation sites excluding steroid dienone is 2. The molecule has 1 aliphatic heterocycles. The first kappa shape index (κ1) is 30.6. The molecule has 0 amide bonds. The zero-order valence-electron chi connectivity index (χ0n) is 21.3. The minimum Gasteiger partial charge on any atom is -0.478 e. The molecule has 4 heteroatoms. The summed E-state index contributed by atoms with van der Waals surface area (Å²) in [5, 5.41) is 2.95. The molecule has 5 rings (SSSR count). The van der Waals surface area contributed by atoms with E-state index >= 15 is 0 Å². The molecule has 3 aliphatic rings. The minimum atomic E-state index is -0.398. The van der Waals surface area contributed by atoms with Crippen molar-refractivity contribution < 1.29 is 21.8 Å². The van der Waals surface area contributed by atoms with Crippen LogP contribution in [0.3, 0.4) is 0 Å². The van der Waals surface area contributed by atoms with E-state index < -0.39 is 7.92 Å². The summed E-state index contributed by atoms with van der Waals surface area (Å²) in [6.45, 7) is 5.26. The maximum Gasteiger partial charge on any atom is 2.00 e. The molecule has 1 heterocycles. The Labute approximate surface area is 220 Å². The van der Waals surface area contributed by atoms with Gasteiger partial charge < -0.3 is 19.6 Å². The average Bonchev–Trinajstić information content (AvgIpc) is 3.58. The molecule has 2 unspecified atom stereocenters. The Hall–Kier alpha value is -1.40. The van der Waals surface area contributed by atoms with Crippen LogP contribution >= 0.6 is 7.92 Å². The number of aliphatic imine (C=N–C) groups is 1. The molecule has 0 N–H and O–H groups in total. The summed E-state index contributed by atoms with van der Waals surface area (Å²) in [4.78, 5) is 4.99. The second kappa shape index (κ2) is 15.6. The van der Waals surface area contributed by atoms with Crippen LogP contribution in [0.5, 0.6) is 0 Å². The third-order valence-electron chi connectivity index (χ3n) is 6.57. The topological polar surface area (TPSA) is 21.6 Å². The largest absolute Gasteiger partial charge is 2.00 e.